The Hall–Kier alpha value is -2.39. The minimum atomic E-state index is -0.825. The number of amides is 1. The van der Waals surface area contributed by atoms with E-state index in [9.17, 15) is 14.7 Å². The molecule has 1 fully saturated rings. The molecule has 134 valence electrons. The van der Waals surface area contributed by atoms with E-state index < -0.39 is 12.0 Å². The average molecular weight is 343 g/mol. The lowest BCUT2D eigenvalue weighted by Crippen LogP contribution is -2.47. The third-order valence-electron chi connectivity index (χ3n) is 4.93. The molecule has 0 saturated heterocycles. The molecule has 1 aliphatic carbocycles. The van der Waals surface area contributed by atoms with Gasteiger partial charge in [0.1, 0.15) is 0 Å². The highest BCUT2D eigenvalue weighted by Gasteiger charge is 2.35. The Labute approximate surface area is 148 Å². The lowest BCUT2D eigenvalue weighted by molar-refractivity contribution is -0.140. The number of nitrogens with zero attached hydrogens (tertiary/aromatic N) is 1. The fourth-order valence-corrected chi connectivity index (χ4v) is 3.56. The fraction of sp³-hybridized carbons (Fsp3) is 0.526. The highest BCUT2D eigenvalue weighted by molar-refractivity contribution is 5.82. The van der Waals surface area contributed by atoms with E-state index >= 15 is 0 Å². The number of nitrogens with one attached hydrogen (secondary N) is 1. The van der Waals surface area contributed by atoms with E-state index in [1.54, 1.807) is 18.2 Å². The monoisotopic (exact) mass is 343 g/mol. The van der Waals surface area contributed by atoms with E-state index in [4.69, 9.17) is 11.0 Å². The molecule has 1 aliphatic rings. The van der Waals surface area contributed by atoms with Gasteiger partial charge in [0.05, 0.1) is 24.1 Å². The second-order valence-corrected chi connectivity index (χ2v) is 6.97. The van der Waals surface area contributed by atoms with Crippen LogP contribution in [0.15, 0.2) is 24.3 Å². The van der Waals surface area contributed by atoms with Crippen LogP contribution in [-0.4, -0.2) is 29.6 Å². The highest BCUT2D eigenvalue weighted by Crippen LogP contribution is 2.38. The zero-order valence-electron chi connectivity index (χ0n) is 14.3. The number of carboxylic acids is 1. The minimum absolute atomic E-state index is 0.0761. The van der Waals surface area contributed by atoms with E-state index in [-0.39, 0.29) is 17.7 Å². The maximum Gasteiger partial charge on any atom is 0.303 e. The first-order chi connectivity index (χ1) is 11.9. The number of carboxylic acid groups (broad SMARTS) is 1. The Kier molecular flexibility index (Phi) is 6.54. The van der Waals surface area contributed by atoms with Crippen molar-refractivity contribution in [1.29, 1.82) is 5.26 Å². The second kappa shape index (κ2) is 8.63. The van der Waals surface area contributed by atoms with Gasteiger partial charge in [0.15, 0.2) is 0 Å². The van der Waals surface area contributed by atoms with Crippen LogP contribution in [0.25, 0.3) is 0 Å². The van der Waals surface area contributed by atoms with Gasteiger partial charge < -0.3 is 16.2 Å². The summed E-state index contributed by atoms with van der Waals surface area (Å²) in [4.78, 5) is 23.5. The molecule has 4 N–H and O–H groups in total. The van der Waals surface area contributed by atoms with Crippen LogP contribution in [0.2, 0.25) is 0 Å². The van der Waals surface area contributed by atoms with Crippen LogP contribution in [-0.2, 0) is 16.0 Å². The van der Waals surface area contributed by atoms with Gasteiger partial charge in [0.2, 0.25) is 5.91 Å². The third kappa shape index (κ3) is 5.57. The molecule has 0 bridgehead atoms. The van der Waals surface area contributed by atoms with Crippen LogP contribution < -0.4 is 11.1 Å². The molecule has 6 heteroatoms. The number of aliphatic carboxylic acids is 1. The molecule has 1 amide bonds. The van der Waals surface area contributed by atoms with Gasteiger partial charge in [-0.3, -0.25) is 9.59 Å². The van der Waals surface area contributed by atoms with Crippen LogP contribution >= 0.6 is 0 Å². The lowest BCUT2D eigenvalue weighted by Gasteiger charge is -2.36. The Morgan fingerprint density at radius 2 is 2.04 bits per heavy atom. The summed E-state index contributed by atoms with van der Waals surface area (Å²) in [6.45, 7) is 0.351. The average Bonchev–Trinajstić information content (AvgIpc) is 2.60. The third-order valence-corrected chi connectivity index (χ3v) is 4.93. The smallest absolute Gasteiger partial charge is 0.303 e. The van der Waals surface area contributed by atoms with Crippen molar-refractivity contribution in [3.8, 4) is 6.07 Å². The van der Waals surface area contributed by atoms with Crippen molar-refractivity contribution in [2.75, 3.05) is 6.54 Å². The SMILES string of the molecule is N#Cc1cccc(C[C@@H](N)C(=O)NCC2(CC(=O)O)CCCCC2)c1. The van der Waals surface area contributed by atoms with Crippen molar-refractivity contribution in [3.63, 3.8) is 0 Å². The summed E-state index contributed by atoms with van der Waals surface area (Å²) in [5, 5.41) is 21.0. The molecule has 1 aromatic rings. The van der Waals surface area contributed by atoms with Crippen molar-refractivity contribution in [2.24, 2.45) is 11.1 Å². The first-order valence-electron chi connectivity index (χ1n) is 8.68. The summed E-state index contributed by atoms with van der Waals surface area (Å²) in [5.41, 5.74) is 7.00. The molecule has 0 aliphatic heterocycles. The van der Waals surface area contributed by atoms with Crippen LogP contribution in [0.5, 0.6) is 0 Å². The number of benzene rings is 1. The second-order valence-electron chi connectivity index (χ2n) is 6.97. The van der Waals surface area contributed by atoms with E-state index in [1.807, 2.05) is 6.07 Å². The van der Waals surface area contributed by atoms with E-state index in [2.05, 4.69) is 11.4 Å². The Bertz CT molecular complexity index is 660. The van der Waals surface area contributed by atoms with Crippen molar-refractivity contribution >= 4 is 11.9 Å². The number of carbonyl (C=O) groups excluding carboxylic acids is 1. The predicted molar refractivity (Wildman–Crippen MR) is 93.6 cm³/mol. The number of carbonyl (C=O) groups is 2. The fourth-order valence-electron chi connectivity index (χ4n) is 3.56. The van der Waals surface area contributed by atoms with Gasteiger partial charge >= 0.3 is 5.97 Å². The van der Waals surface area contributed by atoms with Crippen LogP contribution in [0.4, 0.5) is 0 Å². The standard InChI is InChI=1S/C19H25N3O3/c20-12-15-6-4-5-14(9-15)10-16(21)18(25)22-13-19(11-17(23)24)7-2-1-3-8-19/h4-6,9,16H,1-3,7-8,10-11,13,21H2,(H,22,25)(H,23,24)/t16-/m1/s1. The maximum absolute atomic E-state index is 12.3. The molecule has 1 atom stereocenters. The van der Waals surface area contributed by atoms with E-state index in [0.717, 1.165) is 37.7 Å². The summed E-state index contributed by atoms with van der Waals surface area (Å²) >= 11 is 0. The van der Waals surface area contributed by atoms with Crippen molar-refractivity contribution in [3.05, 3.63) is 35.4 Å². The van der Waals surface area contributed by atoms with E-state index in [0.29, 0.717) is 18.5 Å². The molecule has 0 heterocycles. The predicted octanol–water partition coefficient (Wildman–Crippen LogP) is 1.97. The van der Waals surface area contributed by atoms with Gasteiger partial charge in [-0.05, 0) is 42.4 Å². The van der Waals surface area contributed by atoms with Gasteiger partial charge in [0, 0.05) is 6.54 Å². The summed E-state index contributed by atoms with van der Waals surface area (Å²) in [7, 11) is 0. The molecule has 0 spiro atoms. The van der Waals surface area contributed by atoms with Crippen LogP contribution in [0, 0.1) is 16.7 Å². The highest BCUT2D eigenvalue weighted by atomic mass is 16.4. The van der Waals surface area contributed by atoms with Crippen LogP contribution in [0.3, 0.4) is 0 Å². The molecule has 25 heavy (non-hydrogen) atoms. The van der Waals surface area contributed by atoms with Gasteiger partial charge in [0.25, 0.3) is 0 Å². The lowest BCUT2D eigenvalue weighted by atomic mass is 9.71. The number of nitrogens with two attached hydrogens (primary N) is 1. The summed E-state index contributed by atoms with van der Waals surface area (Å²) < 4.78 is 0. The molecule has 1 aromatic carbocycles. The van der Waals surface area contributed by atoms with Gasteiger partial charge in [-0.25, -0.2) is 0 Å². The van der Waals surface area contributed by atoms with Gasteiger partial charge in [-0.1, -0.05) is 31.4 Å². The first kappa shape index (κ1) is 18.9. The number of hydrogen-bond donors (Lipinski definition) is 3. The van der Waals surface area contributed by atoms with Crippen molar-refractivity contribution in [2.45, 2.75) is 51.0 Å². The Morgan fingerprint density at radius 1 is 1.32 bits per heavy atom. The zero-order valence-corrected chi connectivity index (χ0v) is 14.3. The molecular weight excluding hydrogens is 318 g/mol. The molecule has 0 aromatic heterocycles. The normalized spacial score (nSPS) is 17.3. The summed E-state index contributed by atoms with van der Waals surface area (Å²) in [5.74, 6) is -1.11. The van der Waals surface area contributed by atoms with E-state index in [1.165, 1.54) is 0 Å². The summed E-state index contributed by atoms with van der Waals surface area (Å²) in [6, 6.07) is 8.37. The van der Waals surface area contributed by atoms with Gasteiger partial charge in [-0.2, -0.15) is 5.26 Å². The molecule has 0 unspecified atom stereocenters. The summed E-state index contributed by atoms with van der Waals surface area (Å²) in [6.07, 6.45) is 5.16. The maximum atomic E-state index is 12.3. The number of rotatable bonds is 7. The minimum Gasteiger partial charge on any atom is -0.481 e. The van der Waals surface area contributed by atoms with Crippen LogP contribution in [0.1, 0.15) is 49.7 Å². The van der Waals surface area contributed by atoms with Gasteiger partial charge in [-0.15, -0.1) is 0 Å². The number of nitriles is 1. The number of hydrogen-bond acceptors (Lipinski definition) is 4. The molecule has 6 nitrogen and oxygen atoms in total. The van der Waals surface area contributed by atoms with Crippen molar-refractivity contribution in [1.82, 2.24) is 5.32 Å². The topological polar surface area (TPSA) is 116 Å². The molecule has 0 radical (unpaired) electrons. The molecular formula is C19H25N3O3. The quantitative estimate of drug-likeness (QED) is 0.700. The molecule has 2 rings (SSSR count). The first-order valence-corrected chi connectivity index (χ1v) is 8.68. The largest absolute Gasteiger partial charge is 0.481 e. The Balaban J connectivity index is 1.93. The molecule has 1 saturated carbocycles. The zero-order chi connectivity index (χ0) is 18.3. The Morgan fingerprint density at radius 3 is 2.68 bits per heavy atom. The van der Waals surface area contributed by atoms with Crippen molar-refractivity contribution < 1.29 is 14.7 Å².